The van der Waals surface area contributed by atoms with Crippen molar-refractivity contribution in [1.29, 1.82) is 0 Å². The number of aromatic carboxylic acids is 1. The van der Waals surface area contributed by atoms with Gasteiger partial charge < -0.3 is 10.2 Å². The minimum Gasteiger partial charge on any atom is -0.505 e. The second kappa shape index (κ2) is 11.8. The van der Waals surface area contributed by atoms with Gasteiger partial charge in [-0.25, -0.2) is 4.79 Å². The number of hydrazone groups is 1. The van der Waals surface area contributed by atoms with Gasteiger partial charge in [0.1, 0.15) is 5.75 Å². The maximum absolute atomic E-state index is 13.7. The van der Waals surface area contributed by atoms with Crippen LogP contribution in [0.4, 0.5) is 30.2 Å². The molecule has 0 fully saturated rings. The molecule has 0 aliphatic carbocycles. The highest BCUT2D eigenvalue weighted by molar-refractivity contribution is 6.04. The molecule has 0 saturated heterocycles. The van der Waals surface area contributed by atoms with E-state index in [0.29, 0.717) is 16.8 Å². The van der Waals surface area contributed by atoms with Crippen LogP contribution in [0.3, 0.4) is 0 Å². The highest BCUT2D eigenvalue weighted by Crippen LogP contribution is 2.38. The first-order valence-corrected chi connectivity index (χ1v) is 12.8. The molecule has 0 radical (unpaired) electrons. The van der Waals surface area contributed by atoms with E-state index in [1.807, 2.05) is 13.8 Å². The molecule has 0 heterocycles. The Kier molecular flexibility index (Phi) is 8.37. The second-order valence-electron chi connectivity index (χ2n) is 9.86. The predicted molar refractivity (Wildman–Crippen MR) is 157 cm³/mol. The van der Waals surface area contributed by atoms with E-state index < -0.39 is 23.6 Å². The first-order chi connectivity index (χ1) is 19.8. The SMILES string of the molecule is CC(=O)N(c1ccc(C)c(C)c1)c1cc(C(F)(F)F)ccc1/C=N/Nc1cc(C)cc(-c2cccc(C(=O)O)c2)c1O. The summed E-state index contributed by atoms with van der Waals surface area (Å²) >= 11 is 0. The summed E-state index contributed by atoms with van der Waals surface area (Å²) in [5, 5.41) is 24.5. The molecule has 1 amide bonds. The standard InChI is InChI=1S/C32H28F3N3O4/c1-18-12-27(22-6-5-7-23(15-22)31(41)42)30(40)28(13-18)37-36-17-24-9-10-25(32(33,34)35)16-29(24)38(21(4)39)26-11-8-19(2)20(3)14-26/h5-17,37,40H,1-4H3,(H,41,42)/b36-17+. The number of aryl methyl sites for hydroxylation is 3. The number of carbonyl (C=O) groups excluding carboxylic acids is 1. The zero-order chi connectivity index (χ0) is 30.8. The molecule has 10 heteroatoms. The van der Waals surface area contributed by atoms with Crippen LogP contribution in [-0.2, 0) is 11.0 Å². The van der Waals surface area contributed by atoms with Crippen LogP contribution in [0.2, 0.25) is 0 Å². The number of anilines is 3. The molecule has 0 aliphatic rings. The van der Waals surface area contributed by atoms with Crippen LogP contribution in [-0.4, -0.2) is 28.3 Å². The van der Waals surface area contributed by atoms with Crippen LogP contribution < -0.4 is 10.3 Å². The lowest BCUT2D eigenvalue weighted by molar-refractivity contribution is -0.137. The smallest absolute Gasteiger partial charge is 0.416 e. The lowest BCUT2D eigenvalue weighted by Crippen LogP contribution is -2.25. The van der Waals surface area contributed by atoms with E-state index in [-0.39, 0.29) is 28.3 Å². The second-order valence-corrected chi connectivity index (χ2v) is 9.86. The Morgan fingerprint density at radius 1 is 0.929 bits per heavy atom. The number of rotatable bonds is 7. The van der Waals surface area contributed by atoms with Crippen molar-refractivity contribution < 1.29 is 33.0 Å². The van der Waals surface area contributed by atoms with Crippen LogP contribution in [0.25, 0.3) is 11.1 Å². The third kappa shape index (κ3) is 6.43. The predicted octanol–water partition coefficient (Wildman–Crippen LogP) is 7.83. The number of phenols is 1. The Labute approximate surface area is 240 Å². The van der Waals surface area contributed by atoms with Crippen molar-refractivity contribution in [3.05, 3.63) is 106 Å². The molecular formula is C32H28F3N3O4. The van der Waals surface area contributed by atoms with Gasteiger partial charge in [0.25, 0.3) is 0 Å². The molecule has 0 aromatic heterocycles. The van der Waals surface area contributed by atoms with Crippen molar-refractivity contribution in [1.82, 2.24) is 0 Å². The fourth-order valence-electron chi connectivity index (χ4n) is 4.45. The Hall–Kier alpha value is -5.12. The largest absolute Gasteiger partial charge is 0.505 e. The van der Waals surface area contributed by atoms with Crippen LogP contribution in [0, 0.1) is 20.8 Å². The number of nitrogens with one attached hydrogen (secondary N) is 1. The summed E-state index contributed by atoms with van der Waals surface area (Å²) in [6.07, 6.45) is -3.38. The highest BCUT2D eigenvalue weighted by Gasteiger charge is 2.32. The average molecular weight is 576 g/mol. The van der Waals surface area contributed by atoms with Gasteiger partial charge in [0.2, 0.25) is 5.91 Å². The monoisotopic (exact) mass is 575 g/mol. The molecule has 3 N–H and O–H groups in total. The zero-order valence-electron chi connectivity index (χ0n) is 23.2. The minimum atomic E-state index is -4.64. The van der Waals surface area contributed by atoms with Gasteiger partial charge in [0, 0.05) is 23.7 Å². The molecular weight excluding hydrogens is 547 g/mol. The van der Waals surface area contributed by atoms with Crippen LogP contribution in [0.15, 0.2) is 77.9 Å². The summed E-state index contributed by atoms with van der Waals surface area (Å²) < 4.78 is 41.0. The van der Waals surface area contributed by atoms with Crippen molar-refractivity contribution in [2.75, 3.05) is 10.3 Å². The number of hydrogen-bond donors (Lipinski definition) is 3. The van der Waals surface area contributed by atoms with Gasteiger partial charge in [-0.3, -0.25) is 15.1 Å². The lowest BCUT2D eigenvalue weighted by atomic mass is 9.99. The first-order valence-electron chi connectivity index (χ1n) is 12.8. The van der Waals surface area contributed by atoms with E-state index in [1.54, 1.807) is 49.4 Å². The molecule has 42 heavy (non-hydrogen) atoms. The number of carboxylic acid groups (broad SMARTS) is 1. The van der Waals surface area contributed by atoms with Gasteiger partial charge in [-0.1, -0.05) is 24.3 Å². The minimum absolute atomic E-state index is 0.0224. The van der Waals surface area contributed by atoms with E-state index in [2.05, 4.69) is 10.5 Å². The van der Waals surface area contributed by atoms with Crippen molar-refractivity contribution in [2.24, 2.45) is 5.10 Å². The summed E-state index contributed by atoms with van der Waals surface area (Å²) in [6.45, 7) is 6.78. The number of halogens is 3. The van der Waals surface area contributed by atoms with Crippen molar-refractivity contribution >= 4 is 35.2 Å². The Morgan fingerprint density at radius 2 is 1.67 bits per heavy atom. The number of carboxylic acids is 1. The molecule has 4 aromatic rings. The van der Waals surface area contributed by atoms with E-state index in [9.17, 15) is 33.0 Å². The topological polar surface area (TPSA) is 102 Å². The van der Waals surface area contributed by atoms with Crippen molar-refractivity contribution in [2.45, 2.75) is 33.9 Å². The van der Waals surface area contributed by atoms with Crippen molar-refractivity contribution in [3.8, 4) is 16.9 Å². The fourth-order valence-corrected chi connectivity index (χ4v) is 4.45. The molecule has 0 unspecified atom stereocenters. The van der Waals surface area contributed by atoms with E-state index >= 15 is 0 Å². The molecule has 7 nitrogen and oxygen atoms in total. The highest BCUT2D eigenvalue weighted by atomic mass is 19.4. The molecule has 0 atom stereocenters. The van der Waals surface area contributed by atoms with Crippen LogP contribution in [0.1, 0.15) is 45.1 Å². The average Bonchev–Trinajstić information content (AvgIpc) is 2.92. The zero-order valence-corrected chi connectivity index (χ0v) is 23.2. The number of aromatic hydroxyl groups is 1. The summed E-state index contributed by atoms with van der Waals surface area (Å²) in [7, 11) is 0. The van der Waals surface area contributed by atoms with Crippen LogP contribution in [0.5, 0.6) is 5.75 Å². The number of carbonyl (C=O) groups is 2. The van der Waals surface area contributed by atoms with Gasteiger partial charge in [-0.2, -0.15) is 18.3 Å². The van der Waals surface area contributed by atoms with Gasteiger partial charge in [-0.15, -0.1) is 0 Å². The van der Waals surface area contributed by atoms with Gasteiger partial charge >= 0.3 is 12.1 Å². The number of hydrogen-bond acceptors (Lipinski definition) is 5. The third-order valence-electron chi connectivity index (χ3n) is 6.73. The number of phenolic OH excluding ortho intramolecular Hbond substituents is 1. The number of amides is 1. The molecule has 0 spiro atoms. The van der Waals surface area contributed by atoms with E-state index in [4.69, 9.17) is 0 Å². The molecule has 4 rings (SSSR count). The third-order valence-corrected chi connectivity index (χ3v) is 6.73. The summed E-state index contributed by atoms with van der Waals surface area (Å²) in [6, 6.07) is 17.6. The lowest BCUT2D eigenvalue weighted by Gasteiger charge is -2.25. The normalized spacial score (nSPS) is 11.5. The quantitative estimate of drug-likeness (QED) is 0.118. The Bertz CT molecular complexity index is 1710. The Balaban J connectivity index is 1.75. The van der Waals surface area contributed by atoms with E-state index in [1.165, 1.54) is 36.2 Å². The van der Waals surface area contributed by atoms with Gasteiger partial charge in [-0.05, 0) is 91.6 Å². The maximum atomic E-state index is 13.7. The van der Waals surface area contributed by atoms with Gasteiger partial charge in [0.05, 0.1) is 28.7 Å². The van der Waals surface area contributed by atoms with E-state index in [0.717, 1.165) is 28.8 Å². The number of nitrogens with zero attached hydrogens (tertiary/aromatic N) is 2. The molecule has 0 bridgehead atoms. The summed E-state index contributed by atoms with van der Waals surface area (Å²) in [5.74, 6) is -1.81. The molecule has 0 saturated carbocycles. The molecule has 0 aliphatic heterocycles. The van der Waals surface area contributed by atoms with Crippen LogP contribution >= 0.6 is 0 Å². The molecule has 4 aromatic carbocycles. The fraction of sp³-hybridized carbons (Fsp3) is 0.156. The summed E-state index contributed by atoms with van der Waals surface area (Å²) in [4.78, 5) is 25.4. The maximum Gasteiger partial charge on any atom is 0.416 e. The molecule has 216 valence electrons. The van der Waals surface area contributed by atoms with Crippen molar-refractivity contribution in [3.63, 3.8) is 0 Å². The number of benzene rings is 4. The number of alkyl halides is 3. The summed E-state index contributed by atoms with van der Waals surface area (Å²) in [5.41, 5.74) is 6.02. The first kappa shape index (κ1) is 29.9. The Morgan fingerprint density at radius 3 is 2.31 bits per heavy atom. The van der Waals surface area contributed by atoms with Gasteiger partial charge in [0.15, 0.2) is 0 Å².